The smallest absolute Gasteiger partial charge is 0.256 e. The molecule has 4 aromatic rings. The number of pyridine rings is 3. The molecule has 2 N–H and O–H groups in total. The van der Waals surface area contributed by atoms with Gasteiger partial charge >= 0.3 is 0 Å². The molecular formula is C20H18N4O4. The van der Waals surface area contributed by atoms with Gasteiger partial charge in [-0.15, -0.1) is 0 Å². The van der Waals surface area contributed by atoms with Crippen molar-refractivity contribution in [2.75, 3.05) is 14.2 Å². The number of hydrogen-bond donors (Lipinski definition) is 2. The van der Waals surface area contributed by atoms with E-state index in [0.717, 1.165) is 5.56 Å². The molecule has 0 aliphatic heterocycles. The minimum Gasteiger partial charge on any atom is -0.494 e. The van der Waals surface area contributed by atoms with Gasteiger partial charge in [0.1, 0.15) is 0 Å². The summed E-state index contributed by atoms with van der Waals surface area (Å²) >= 11 is 0. The van der Waals surface area contributed by atoms with Crippen LogP contribution in [0.2, 0.25) is 0 Å². The van der Waals surface area contributed by atoms with Crippen molar-refractivity contribution in [3.05, 3.63) is 54.6 Å². The molecule has 0 aromatic carbocycles. The maximum Gasteiger partial charge on any atom is 0.256 e. The molecule has 0 radical (unpaired) electrons. The fourth-order valence-electron chi connectivity index (χ4n) is 3.00. The summed E-state index contributed by atoms with van der Waals surface area (Å²) in [5.41, 5.74) is 3.34. The zero-order valence-electron chi connectivity index (χ0n) is 15.3. The van der Waals surface area contributed by atoms with Crippen LogP contribution in [0.25, 0.3) is 27.8 Å². The fourth-order valence-corrected chi connectivity index (χ4v) is 3.00. The Kier molecular flexibility index (Phi) is 4.54. The highest BCUT2D eigenvalue weighted by Crippen LogP contribution is 2.33. The lowest BCUT2D eigenvalue weighted by Crippen LogP contribution is -1.95. The van der Waals surface area contributed by atoms with Crippen molar-refractivity contribution in [3.8, 4) is 34.5 Å². The third-order valence-corrected chi connectivity index (χ3v) is 4.41. The number of rotatable bonds is 5. The second kappa shape index (κ2) is 7.16. The van der Waals surface area contributed by atoms with E-state index in [9.17, 15) is 10.2 Å². The molecule has 0 saturated heterocycles. The minimum absolute atomic E-state index is 0.0522. The molecule has 0 fully saturated rings. The van der Waals surface area contributed by atoms with Crippen LogP contribution in [0.5, 0.6) is 17.5 Å². The lowest BCUT2D eigenvalue weighted by Gasteiger charge is -2.08. The minimum atomic E-state index is -0.128. The number of aliphatic hydroxyl groups excluding tert-OH is 1. The highest BCUT2D eigenvalue weighted by molar-refractivity contribution is 5.87. The zero-order valence-corrected chi connectivity index (χ0v) is 15.3. The molecule has 0 unspecified atom stereocenters. The van der Waals surface area contributed by atoms with Crippen LogP contribution in [0, 0.1) is 0 Å². The average Bonchev–Trinajstić information content (AvgIpc) is 3.09. The largest absolute Gasteiger partial charge is 0.494 e. The quantitative estimate of drug-likeness (QED) is 0.550. The predicted octanol–water partition coefficient (Wildman–Crippen LogP) is 2.70. The van der Waals surface area contributed by atoms with Gasteiger partial charge in [0, 0.05) is 24.2 Å². The molecule has 28 heavy (non-hydrogen) atoms. The first-order valence-corrected chi connectivity index (χ1v) is 8.49. The Balaban J connectivity index is 1.80. The standard InChI is InChI=1S/C20H18N4O4/c1-27-18-6-13(8-22-19(18)28-2)16-4-3-15-17(23-16)10-24(20(15)26)14-5-12(11-25)7-21-9-14/h3-10,25-26H,11H2,1-2H3. The van der Waals surface area contributed by atoms with E-state index in [4.69, 9.17) is 9.47 Å². The van der Waals surface area contributed by atoms with Gasteiger partial charge in [-0.3, -0.25) is 9.55 Å². The molecule has 0 saturated carbocycles. The van der Waals surface area contributed by atoms with E-state index >= 15 is 0 Å². The predicted molar refractivity (Wildman–Crippen MR) is 103 cm³/mol. The fraction of sp³-hybridized carbons (Fsp3) is 0.150. The van der Waals surface area contributed by atoms with Gasteiger partial charge in [0.05, 0.1) is 49.3 Å². The van der Waals surface area contributed by atoms with Crippen LogP contribution in [0.1, 0.15) is 5.56 Å². The summed E-state index contributed by atoms with van der Waals surface area (Å²) in [5.74, 6) is 0.956. The second-order valence-electron chi connectivity index (χ2n) is 6.10. The van der Waals surface area contributed by atoms with E-state index in [0.29, 0.717) is 39.5 Å². The van der Waals surface area contributed by atoms with Crippen LogP contribution in [-0.2, 0) is 6.61 Å². The monoisotopic (exact) mass is 378 g/mol. The number of aromatic nitrogens is 4. The van der Waals surface area contributed by atoms with E-state index in [1.54, 1.807) is 60.7 Å². The molecule has 0 aliphatic carbocycles. The second-order valence-corrected chi connectivity index (χ2v) is 6.10. The van der Waals surface area contributed by atoms with E-state index in [1.807, 2.05) is 0 Å². The molecule has 4 aromatic heterocycles. The van der Waals surface area contributed by atoms with Crippen molar-refractivity contribution in [1.29, 1.82) is 0 Å². The lowest BCUT2D eigenvalue weighted by molar-refractivity contribution is 0.281. The SMILES string of the molecule is COc1cc(-c2ccc3c(O)n(-c4cncc(CO)c4)cc3n2)cnc1OC. The van der Waals surface area contributed by atoms with Crippen molar-refractivity contribution >= 4 is 10.9 Å². The summed E-state index contributed by atoms with van der Waals surface area (Å²) in [5, 5.41) is 20.5. The molecule has 0 bridgehead atoms. The number of hydrogen-bond acceptors (Lipinski definition) is 7. The van der Waals surface area contributed by atoms with Gasteiger partial charge in [0.15, 0.2) is 5.75 Å². The van der Waals surface area contributed by atoms with E-state index in [1.165, 1.54) is 7.11 Å². The summed E-state index contributed by atoms with van der Waals surface area (Å²) in [6.07, 6.45) is 6.56. The molecular weight excluding hydrogens is 360 g/mol. The maximum atomic E-state index is 10.6. The van der Waals surface area contributed by atoms with Gasteiger partial charge < -0.3 is 19.7 Å². The van der Waals surface area contributed by atoms with E-state index < -0.39 is 0 Å². The van der Waals surface area contributed by atoms with Crippen molar-refractivity contribution < 1.29 is 19.7 Å². The van der Waals surface area contributed by atoms with Crippen LogP contribution in [-0.4, -0.2) is 44.0 Å². The Hall–Kier alpha value is -3.65. The molecule has 8 heteroatoms. The Morgan fingerprint density at radius 2 is 1.93 bits per heavy atom. The Labute approximate surface area is 160 Å². The zero-order chi connectivity index (χ0) is 19.7. The molecule has 4 rings (SSSR count). The summed E-state index contributed by atoms with van der Waals surface area (Å²) in [6, 6.07) is 7.15. The van der Waals surface area contributed by atoms with Crippen molar-refractivity contribution in [2.45, 2.75) is 6.61 Å². The number of fused-ring (bicyclic) bond motifs is 1. The summed E-state index contributed by atoms with van der Waals surface area (Å²) in [4.78, 5) is 13.0. The van der Waals surface area contributed by atoms with Gasteiger partial charge in [-0.25, -0.2) is 9.97 Å². The summed E-state index contributed by atoms with van der Waals surface area (Å²) in [7, 11) is 3.08. The first-order valence-electron chi connectivity index (χ1n) is 8.49. The van der Waals surface area contributed by atoms with Gasteiger partial charge in [-0.05, 0) is 29.8 Å². The molecule has 0 atom stereocenters. The van der Waals surface area contributed by atoms with Crippen LogP contribution >= 0.6 is 0 Å². The lowest BCUT2D eigenvalue weighted by atomic mass is 10.1. The Morgan fingerprint density at radius 1 is 1.07 bits per heavy atom. The number of aliphatic hydroxyl groups is 1. The molecule has 142 valence electrons. The van der Waals surface area contributed by atoms with E-state index in [-0.39, 0.29) is 12.5 Å². The number of methoxy groups -OCH3 is 2. The van der Waals surface area contributed by atoms with Crippen LogP contribution in [0.15, 0.2) is 49.1 Å². The first-order chi connectivity index (χ1) is 13.6. The Morgan fingerprint density at radius 3 is 2.68 bits per heavy atom. The van der Waals surface area contributed by atoms with Gasteiger partial charge in [-0.2, -0.15) is 0 Å². The molecule has 4 heterocycles. The highest BCUT2D eigenvalue weighted by atomic mass is 16.5. The molecule has 0 amide bonds. The van der Waals surface area contributed by atoms with Crippen LogP contribution < -0.4 is 9.47 Å². The molecule has 0 aliphatic rings. The van der Waals surface area contributed by atoms with Crippen molar-refractivity contribution in [2.24, 2.45) is 0 Å². The summed E-state index contributed by atoms with van der Waals surface area (Å²) < 4.78 is 12.1. The normalized spacial score (nSPS) is 11.0. The Bertz CT molecular complexity index is 1160. The van der Waals surface area contributed by atoms with Crippen LogP contribution in [0.3, 0.4) is 0 Å². The third kappa shape index (κ3) is 2.99. The van der Waals surface area contributed by atoms with Gasteiger partial charge in [0.25, 0.3) is 5.88 Å². The first kappa shape index (κ1) is 17.7. The highest BCUT2D eigenvalue weighted by Gasteiger charge is 2.14. The average molecular weight is 378 g/mol. The van der Waals surface area contributed by atoms with Crippen molar-refractivity contribution in [1.82, 2.24) is 19.5 Å². The van der Waals surface area contributed by atoms with Gasteiger partial charge in [0.2, 0.25) is 5.88 Å². The number of nitrogens with zero attached hydrogens (tertiary/aromatic N) is 4. The van der Waals surface area contributed by atoms with E-state index in [2.05, 4.69) is 15.0 Å². The molecule has 0 spiro atoms. The number of aromatic hydroxyl groups is 1. The number of ether oxygens (including phenoxy) is 2. The summed E-state index contributed by atoms with van der Waals surface area (Å²) in [6.45, 7) is -0.128. The van der Waals surface area contributed by atoms with Crippen LogP contribution in [0.4, 0.5) is 0 Å². The van der Waals surface area contributed by atoms with Crippen molar-refractivity contribution in [3.63, 3.8) is 0 Å². The topological polar surface area (TPSA) is 103 Å². The molecule has 8 nitrogen and oxygen atoms in total. The third-order valence-electron chi connectivity index (χ3n) is 4.41. The maximum absolute atomic E-state index is 10.6. The van der Waals surface area contributed by atoms with Gasteiger partial charge in [-0.1, -0.05) is 0 Å².